The summed E-state index contributed by atoms with van der Waals surface area (Å²) in [7, 11) is 2.00. The number of halogens is 1. The van der Waals surface area contributed by atoms with Gasteiger partial charge in [-0.05, 0) is 12.8 Å². The molecular formula is C11H17ClN4. The predicted molar refractivity (Wildman–Crippen MR) is 65.3 cm³/mol. The van der Waals surface area contributed by atoms with Gasteiger partial charge in [-0.3, -0.25) is 4.68 Å². The van der Waals surface area contributed by atoms with E-state index in [2.05, 4.69) is 15.3 Å². The maximum atomic E-state index is 6.45. The van der Waals surface area contributed by atoms with Gasteiger partial charge in [0.05, 0.1) is 5.69 Å². The number of piperazine rings is 1. The van der Waals surface area contributed by atoms with E-state index in [-0.39, 0.29) is 0 Å². The van der Waals surface area contributed by atoms with Crippen molar-refractivity contribution < 1.29 is 0 Å². The molecule has 5 heteroatoms. The Kier molecular flexibility index (Phi) is 2.56. The fourth-order valence-electron chi connectivity index (χ4n) is 2.35. The molecule has 2 aliphatic rings. The summed E-state index contributed by atoms with van der Waals surface area (Å²) < 4.78 is 1.95. The Labute approximate surface area is 101 Å². The molecule has 1 aliphatic heterocycles. The van der Waals surface area contributed by atoms with Crippen molar-refractivity contribution in [2.75, 3.05) is 31.1 Å². The molecule has 1 N–H and O–H groups in total. The molecule has 0 radical (unpaired) electrons. The van der Waals surface area contributed by atoms with E-state index in [1.807, 2.05) is 11.7 Å². The lowest BCUT2D eigenvalue weighted by Gasteiger charge is -2.29. The quantitative estimate of drug-likeness (QED) is 0.848. The molecule has 16 heavy (non-hydrogen) atoms. The third-order valence-electron chi connectivity index (χ3n) is 3.37. The summed E-state index contributed by atoms with van der Waals surface area (Å²) >= 11 is 6.45. The molecule has 2 heterocycles. The molecule has 1 aromatic rings. The molecule has 3 rings (SSSR count). The van der Waals surface area contributed by atoms with Gasteiger partial charge in [-0.2, -0.15) is 5.10 Å². The van der Waals surface area contributed by atoms with Crippen LogP contribution in [0, 0.1) is 0 Å². The molecule has 1 aromatic heterocycles. The Morgan fingerprint density at radius 2 is 2.00 bits per heavy atom. The van der Waals surface area contributed by atoms with Gasteiger partial charge in [0.25, 0.3) is 0 Å². The third-order valence-corrected chi connectivity index (χ3v) is 3.73. The molecule has 0 unspecified atom stereocenters. The number of anilines is 1. The highest BCUT2D eigenvalue weighted by Crippen LogP contribution is 2.45. The van der Waals surface area contributed by atoms with Crippen LogP contribution in [0.5, 0.6) is 0 Å². The standard InChI is InChI=1S/C11H17ClN4/c1-15-11(16-6-4-13-5-7-16)9(12)10(14-15)8-2-3-8/h8,13H,2-7H2,1H3. The second kappa shape index (κ2) is 3.93. The summed E-state index contributed by atoms with van der Waals surface area (Å²) in [5.74, 6) is 1.72. The van der Waals surface area contributed by atoms with Gasteiger partial charge in [0, 0.05) is 39.1 Å². The van der Waals surface area contributed by atoms with Gasteiger partial charge in [0.2, 0.25) is 0 Å². The van der Waals surface area contributed by atoms with Crippen LogP contribution in [0.25, 0.3) is 0 Å². The molecule has 1 saturated heterocycles. The number of aryl methyl sites for hydroxylation is 1. The molecule has 0 spiro atoms. The topological polar surface area (TPSA) is 33.1 Å². The Balaban J connectivity index is 1.92. The minimum atomic E-state index is 0.621. The van der Waals surface area contributed by atoms with Crippen LogP contribution in [-0.4, -0.2) is 36.0 Å². The van der Waals surface area contributed by atoms with Gasteiger partial charge < -0.3 is 10.2 Å². The maximum absolute atomic E-state index is 6.45. The highest BCUT2D eigenvalue weighted by atomic mass is 35.5. The van der Waals surface area contributed by atoms with Crippen molar-refractivity contribution in [3.8, 4) is 0 Å². The number of hydrogen-bond donors (Lipinski definition) is 1. The molecule has 0 aromatic carbocycles. The highest BCUT2D eigenvalue weighted by Gasteiger charge is 2.32. The lowest BCUT2D eigenvalue weighted by molar-refractivity contribution is 0.572. The predicted octanol–water partition coefficient (Wildman–Crippen LogP) is 1.36. The molecule has 4 nitrogen and oxygen atoms in total. The van der Waals surface area contributed by atoms with Gasteiger partial charge in [-0.25, -0.2) is 0 Å². The van der Waals surface area contributed by atoms with Crippen LogP contribution in [0.2, 0.25) is 5.02 Å². The van der Waals surface area contributed by atoms with Crippen molar-refractivity contribution in [3.63, 3.8) is 0 Å². The largest absolute Gasteiger partial charge is 0.353 e. The monoisotopic (exact) mass is 240 g/mol. The van der Waals surface area contributed by atoms with Crippen molar-refractivity contribution in [3.05, 3.63) is 10.7 Å². The van der Waals surface area contributed by atoms with Crippen LogP contribution in [0.3, 0.4) is 0 Å². The zero-order valence-electron chi connectivity index (χ0n) is 9.54. The van der Waals surface area contributed by atoms with E-state index in [0.29, 0.717) is 5.92 Å². The van der Waals surface area contributed by atoms with Crippen LogP contribution in [-0.2, 0) is 7.05 Å². The van der Waals surface area contributed by atoms with Gasteiger partial charge in [0.1, 0.15) is 10.8 Å². The van der Waals surface area contributed by atoms with Crippen molar-refractivity contribution in [2.24, 2.45) is 7.05 Å². The molecule has 1 aliphatic carbocycles. The second-order valence-corrected chi connectivity index (χ2v) is 5.04. The Bertz CT molecular complexity index is 391. The van der Waals surface area contributed by atoms with Crippen LogP contribution >= 0.6 is 11.6 Å². The van der Waals surface area contributed by atoms with E-state index in [0.717, 1.165) is 42.7 Å². The first-order valence-electron chi connectivity index (χ1n) is 5.95. The summed E-state index contributed by atoms with van der Waals surface area (Å²) in [6.45, 7) is 4.09. The van der Waals surface area contributed by atoms with E-state index in [1.165, 1.54) is 12.8 Å². The molecule has 0 bridgehead atoms. The number of aromatic nitrogens is 2. The lowest BCUT2D eigenvalue weighted by Crippen LogP contribution is -2.44. The van der Waals surface area contributed by atoms with Crippen molar-refractivity contribution in [2.45, 2.75) is 18.8 Å². The van der Waals surface area contributed by atoms with Gasteiger partial charge in [0.15, 0.2) is 0 Å². The van der Waals surface area contributed by atoms with Gasteiger partial charge in [-0.15, -0.1) is 0 Å². The average Bonchev–Trinajstić information content (AvgIpc) is 3.07. The first-order chi connectivity index (χ1) is 7.77. The number of nitrogens with zero attached hydrogens (tertiary/aromatic N) is 3. The van der Waals surface area contributed by atoms with Crippen LogP contribution in [0.4, 0.5) is 5.82 Å². The van der Waals surface area contributed by atoms with Crippen molar-refractivity contribution in [1.29, 1.82) is 0 Å². The number of rotatable bonds is 2. The zero-order chi connectivity index (χ0) is 11.1. The smallest absolute Gasteiger partial charge is 0.145 e. The zero-order valence-corrected chi connectivity index (χ0v) is 10.3. The Morgan fingerprint density at radius 1 is 1.31 bits per heavy atom. The third kappa shape index (κ3) is 1.70. The Morgan fingerprint density at radius 3 is 2.62 bits per heavy atom. The summed E-state index contributed by atoms with van der Waals surface area (Å²) in [4.78, 5) is 2.33. The van der Waals surface area contributed by atoms with Crippen LogP contribution < -0.4 is 10.2 Å². The van der Waals surface area contributed by atoms with E-state index in [1.54, 1.807) is 0 Å². The SMILES string of the molecule is Cn1nc(C2CC2)c(Cl)c1N1CCNCC1. The normalized spacial score (nSPS) is 21.5. The Hall–Kier alpha value is -0.740. The summed E-state index contributed by atoms with van der Waals surface area (Å²) in [5, 5.41) is 8.80. The maximum Gasteiger partial charge on any atom is 0.145 e. The number of hydrogen-bond acceptors (Lipinski definition) is 3. The van der Waals surface area contributed by atoms with Gasteiger partial charge in [-0.1, -0.05) is 11.6 Å². The van der Waals surface area contributed by atoms with Crippen LogP contribution in [0.1, 0.15) is 24.5 Å². The van der Waals surface area contributed by atoms with E-state index in [4.69, 9.17) is 11.6 Å². The second-order valence-electron chi connectivity index (χ2n) is 4.66. The fraction of sp³-hybridized carbons (Fsp3) is 0.727. The van der Waals surface area contributed by atoms with Crippen molar-refractivity contribution >= 4 is 17.4 Å². The van der Waals surface area contributed by atoms with E-state index in [9.17, 15) is 0 Å². The lowest BCUT2D eigenvalue weighted by atomic mass is 10.3. The molecule has 0 amide bonds. The van der Waals surface area contributed by atoms with Gasteiger partial charge >= 0.3 is 0 Å². The summed E-state index contributed by atoms with van der Waals surface area (Å²) in [6, 6.07) is 0. The molecule has 0 atom stereocenters. The average molecular weight is 241 g/mol. The molecule has 1 saturated carbocycles. The number of nitrogens with one attached hydrogen (secondary N) is 1. The van der Waals surface area contributed by atoms with Crippen molar-refractivity contribution in [1.82, 2.24) is 15.1 Å². The molecule has 88 valence electrons. The molecular weight excluding hydrogens is 224 g/mol. The highest BCUT2D eigenvalue weighted by molar-refractivity contribution is 6.33. The fourth-order valence-corrected chi connectivity index (χ4v) is 2.78. The summed E-state index contributed by atoms with van der Waals surface area (Å²) in [5.41, 5.74) is 1.11. The first kappa shape index (κ1) is 10.4. The minimum absolute atomic E-state index is 0.621. The first-order valence-corrected chi connectivity index (χ1v) is 6.33. The van der Waals surface area contributed by atoms with Crippen LogP contribution in [0.15, 0.2) is 0 Å². The van der Waals surface area contributed by atoms with E-state index < -0.39 is 0 Å². The minimum Gasteiger partial charge on any atom is -0.353 e. The molecule has 2 fully saturated rings. The van der Waals surface area contributed by atoms with E-state index >= 15 is 0 Å². The summed E-state index contributed by atoms with van der Waals surface area (Å²) in [6.07, 6.45) is 2.50.